The van der Waals surface area contributed by atoms with Crippen LogP contribution in [0.25, 0.3) is 0 Å². The summed E-state index contributed by atoms with van der Waals surface area (Å²) in [7, 11) is 1.76. The topological polar surface area (TPSA) is 61.9 Å². The molecule has 0 radical (unpaired) electrons. The lowest BCUT2D eigenvalue weighted by molar-refractivity contribution is -0.128. The molecule has 1 aliphatic rings. The second-order valence-corrected chi connectivity index (χ2v) is 8.27. The van der Waals surface area contributed by atoms with Crippen LogP contribution in [-0.4, -0.2) is 52.0 Å². The van der Waals surface area contributed by atoms with Gasteiger partial charge in [0.25, 0.3) is 0 Å². The average Bonchev–Trinajstić information content (AvgIpc) is 3.01. The average molecular weight is 459 g/mol. The lowest BCUT2D eigenvalue weighted by atomic mass is 10.2. The van der Waals surface area contributed by atoms with Crippen molar-refractivity contribution in [3.8, 4) is 0 Å². The summed E-state index contributed by atoms with van der Waals surface area (Å²) < 4.78 is 5.82. The maximum absolute atomic E-state index is 12.4. The fraction of sp³-hybridized carbons (Fsp3) is 0.556. The molecule has 1 aromatic rings. The van der Waals surface area contributed by atoms with E-state index in [1.165, 1.54) is 6.92 Å². The standard InChI is InChI=1S/C18H26IN3O3/c1-13(19)20-16-8-6-15(7-9-16)12-25-18(24)22-10-4-5-17(22)11-21(3)14(2)23/h6-9,13,17,20H,4-5,10-12H2,1-3H3/t13?,17-/m1/s1. The first-order valence-electron chi connectivity index (χ1n) is 8.51. The Balaban J connectivity index is 1.85. The van der Waals surface area contributed by atoms with Crippen LogP contribution < -0.4 is 5.32 Å². The first kappa shape index (κ1) is 19.8. The molecule has 1 fully saturated rings. The Morgan fingerprint density at radius 1 is 1.40 bits per heavy atom. The number of alkyl halides is 1. The quantitative estimate of drug-likeness (QED) is 0.402. The number of nitrogens with one attached hydrogen (secondary N) is 1. The first-order valence-corrected chi connectivity index (χ1v) is 9.76. The SMILES string of the molecule is CC(=O)N(C)C[C@H]1CCCN1C(=O)OCc1ccc(NC(C)I)cc1. The van der Waals surface area contributed by atoms with Gasteiger partial charge in [-0.1, -0.05) is 34.7 Å². The van der Waals surface area contributed by atoms with Crippen molar-refractivity contribution in [3.05, 3.63) is 29.8 Å². The maximum atomic E-state index is 12.4. The predicted molar refractivity (Wildman–Crippen MR) is 107 cm³/mol. The third-order valence-electron chi connectivity index (χ3n) is 4.32. The van der Waals surface area contributed by atoms with E-state index in [4.69, 9.17) is 4.74 Å². The molecular weight excluding hydrogens is 433 g/mol. The van der Waals surface area contributed by atoms with Crippen LogP contribution in [0.2, 0.25) is 0 Å². The molecule has 2 amide bonds. The van der Waals surface area contributed by atoms with Crippen LogP contribution in [0, 0.1) is 0 Å². The van der Waals surface area contributed by atoms with Crippen LogP contribution in [0.1, 0.15) is 32.3 Å². The molecule has 2 rings (SSSR count). The molecule has 25 heavy (non-hydrogen) atoms. The van der Waals surface area contributed by atoms with Crippen LogP contribution >= 0.6 is 22.6 Å². The largest absolute Gasteiger partial charge is 0.445 e. The number of hydrogen-bond donors (Lipinski definition) is 1. The van der Waals surface area contributed by atoms with Gasteiger partial charge in [-0.15, -0.1) is 0 Å². The molecule has 2 atom stereocenters. The van der Waals surface area contributed by atoms with Gasteiger partial charge in [-0.2, -0.15) is 0 Å². The number of halogens is 1. The number of anilines is 1. The number of amides is 2. The molecule has 0 spiro atoms. The molecule has 0 saturated carbocycles. The Morgan fingerprint density at radius 3 is 2.68 bits per heavy atom. The van der Waals surface area contributed by atoms with E-state index in [9.17, 15) is 9.59 Å². The molecule has 1 unspecified atom stereocenters. The lowest BCUT2D eigenvalue weighted by Crippen LogP contribution is -2.43. The van der Waals surface area contributed by atoms with Crippen molar-refractivity contribution in [1.82, 2.24) is 9.80 Å². The Bertz CT molecular complexity index is 592. The molecule has 1 aliphatic heterocycles. The van der Waals surface area contributed by atoms with E-state index in [-0.39, 0.29) is 24.6 Å². The second-order valence-electron chi connectivity index (χ2n) is 6.40. The molecule has 6 nitrogen and oxygen atoms in total. The van der Waals surface area contributed by atoms with Gasteiger partial charge in [0.2, 0.25) is 5.91 Å². The van der Waals surface area contributed by atoms with Crippen LogP contribution in [0.5, 0.6) is 0 Å². The summed E-state index contributed by atoms with van der Waals surface area (Å²) in [6.07, 6.45) is 1.55. The zero-order chi connectivity index (χ0) is 18.4. The van der Waals surface area contributed by atoms with E-state index < -0.39 is 0 Å². The third-order valence-corrected chi connectivity index (χ3v) is 4.63. The van der Waals surface area contributed by atoms with Crippen LogP contribution in [-0.2, 0) is 16.1 Å². The highest BCUT2D eigenvalue weighted by Gasteiger charge is 2.31. The van der Waals surface area contributed by atoms with Crippen molar-refractivity contribution in [1.29, 1.82) is 0 Å². The minimum Gasteiger partial charge on any atom is -0.445 e. The fourth-order valence-electron chi connectivity index (χ4n) is 2.87. The minimum absolute atomic E-state index is 0.00902. The monoisotopic (exact) mass is 459 g/mol. The molecular formula is C18H26IN3O3. The molecule has 1 aromatic carbocycles. The van der Waals surface area contributed by atoms with Crippen molar-refractivity contribution in [2.45, 2.75) is 43.4 Å². The van der Waals surface area contributed by atoms with Crippen molar-refractivity contribution < 1.29 is 14.3 Å². The van der Waals surface area contributed by atoms with Gasteiger partial charge >= 0.3 is 6.09 Å². The van der Waals surface area contributed by atoms with Crippen molar-refractivity contribution in [3.63, 3.8) is 0 Å². The summed E-state index contributed by atoms with van der Waals surface area (Å²) in [5.41, 5.74) is 2.00. The fourth-order valence-corrected chi connectivity index (χ4v) is 3.22. The number of hydrogen-bond acceptors (Lipinski definition) is 4. The third kappa shape index (κ3) is 6.05. The van der Waals surface area contributed by atoms with E-state index >= 15 is 0 Å². The van der Waals surface area contributed by atoms with E-state index in [0.29, 0.717) is 17.1 Å². The summed E-state index contributed by atoms with van der Waals surface area (Å²) in [6.45, 7) is 5.11. The number of rotatable bonds is 6. The molecule has 138 valence electrons. The normalized spacial score (nSPS) is 17.9. The van der Waals surface area contributed by atoms with Crippen molar-refractivity contribution in [2.24, 2.45) is 0 Å². The smallest absolute Gasteiger partial charge is 0.410 e. The number of likely N-dealkylation sites (tertiary alicyclic amines) is 1. The molecule has 7 heteroatoms. The van der Waals surface area contributed by atoms with Gasteiger partial charge in [-0.3, -0.25) is 4.79 Å². The molecule has 0 bridgehead atoms. The lowest BCUT2D eigenvalue weighted by Gasteiger charge is -2.27. The number of ether oxygens (including phenoxy) is 1. The number of carbonyl (C=O) groups is 2. The molecule has 0 aliphatic carbocycles. The highest BCUT2D eigenvalue weighted by Crippen LogP contribution is 2.20. The van der Waals surface area contributed by atoms with E-state index in [0.717, 1.165) is 24.1 Å². The molecule has 1 heterocycles. The van der Waals surface area contributed by atoms with Gasteiger partial charge in [0.1, 0.15) is 6.61 Å². The highest BCUT2D eigenvalue weighted by molar-refractivity contribution is 14.1. The summed E-state index contributed by atoms with van der Waals surface area (Å²) in [4.78, 5) is 27.2. The van der Waals surface area contributed by atoms with E-state index in [2.05, 4.69) is 34.8 Å². The number of likely N-dealkylation sites (N-methyl/N-ethyl adjacent to an activating group) is 1. The van der Waals surface area contributed by atoms with E-state index in [1.807, 2.05) is 24.3 Å². The summed E-state index contributed by atoms with van der Waals surface area (Å²) in [5, 5.41) is 3.31. The number of nitrogens with zero attached hydrogens (tertiary/aromatic N) is 2. The van der Waals surface area contributed by atoms with E-state index in [1.54, 1.807) is 16.8 Å². The van der Waals surface area contributed by atoms with Crippen molar-refractivity contribution >= 4 is 40.3 Å². The van der Waals surface area contributed by atoms with Crippen LogP contribution in [0.3, 0.4) is 0 Å². The van der Waals surface area contributed by atoms with Crippen LogP contribution in [0.4, 0.5) is 10.5 Å². The Kier molecular flexibility index (Phi) is 7.34. The zero-order valence-corrected chi connectivity index (χ0v) is 17.2. The summed E-state index contributed by atoms with van der Waals surface area (Å²) in [5.74, 6) is 0.00902. The summed E-state index contributed by atoms with van der Waals surface area (Å²) >= 11 is 2.30. The maximum Gasteiger partial charge on any atom is 0.410 e. The second kappa shape index (κ2) is 9.26. The highest BCUT2D eigenvalue weighted by atomic mass is 127. The Hall–Kier alpha value is -1.51. The molecule has 1 N–H and O–H groups in total. The summed E-state index contributed by atoms with van der Waals surface area (Å²) in [6, 6.07) is 7.93. The Morgan fingerprint density at radius 2 is 2.08 bits per heavy atom. The van der Waals surface area contributed by atoms with Gasteiger partial charge in [-0.25, -0.2) is 4.79 Å². The molecule has 1 saturated heterocycles. The van der Waals surface area contributed by atoms with Gasteiger partial charge in [0.15, 0.2) is 0 Å². The minimum atomic E-state index is -0.303. The van der Waals surface area contributed by atoms with Crippen LogP contribution in [0.15, 0.2) is 24.3 Å². The van der Waals surface area contributed by atoms with Crippen molar-refractivity contribution in [2.75, 3.05) is 25.5 Å². The number of benzene rings is 1. The number of carbonyl (C=O) groups excluding carboxylic acids is 2. The zero-order valence-electron chi connectivity index (χ0n) is 15.0. The predicted octanol–water partition coefficient (Wildman–Crippen LogP) is 3.46. The Labute approximate surface area is 163 Å². The first-order chi connectivity index (χ1) is 11.9. The molecule has 0 aromatic heterocycles. The van der Waals surface area contributed by atoms with Gasteiger partial charge in [0.05, 0.1) is 10.1 Å². The van der Waals surface area contributed by atoms with Gasteiger partial charge in [0, 0.05) is 32.7 Å². The van der Waals surface area contributed by atoms with Gasteiger partial charge < -0.3 is 19.9 Å². The van der Waals surface area contributed by atoms with Gasteiger partial charge in [-0.05, 0) is 37.5 Å².